The monoisotopic (exact) mass is 263 g/mol. The molecule has 0 aromatic heterocycles. The first-order chi connectivity index (χ1) is 7.91. The smallest absolute Gasteiger partial charge is 0.276 e. The summed E-state index contributed by atoms with van der Waals surface area (Å²) in [6.45, 7) is 4.86. The number of rotatable bonds is 6. The standard InChI is InChI=1S/C11H25N3O2S/c1-9(2)7-13-17(15,16)14-8-10-5-3-4-6-11(10)12/h9-11,13-14H,3-8,12H2,1-2H3. The number of hydrogen-bond acceptors (Lipinski definition) is 3. The summed E-state index contributed by atoms with van der Waals surface area (Å²) in [6, 6.07) is 0.136. The molecule has 1 fully saturated rings. The molecule has 0 saturated heterocycles. The van der Waals surface area contributed by atoms with Gasteiger partial charge < -0.3 is 5.73 Å². The summed E-state index contributed by atoms with van der Waals surface area (Å²) < 4.78 is 28.4. The summed E-state index contributed by atoms with van der Waals surface area (Å²) in [5.74, 6) is 0.586. The fourth-order valence-corrected chi connectivity index (χ4v) is 3.12. The molecule has 2 unspecified atom stereocenters. The minimum atomic E-state index is -3.36. The topological polar surface area (TPSA) is 84.2 Å². The Morgan fingerprint density at radius 1 is 1.24 bits per heavy atom. The molecule has 1 rings (SSSR count). The SMILES string of the molecule is CC(C)CNS(=O)(=O)NCC1CCCCC1N. The van der Waals surface area contributed by atoms with Gasteiger partial charge in [-0.05, 0) is 24.7 Å². The highest BCUT2D eigenvalue weighted by Gasteiger charge is 2.23. The van der Waals surface area contributed by atoms with Gasteiger partial charge in [0.1, 0.15) is 0 Å². The predicted molar refractivity (Wildman–Crippen MR) is 69.7 cm³/mol. The van der Waals surface area contributed by atoms with Crippen LogP contribution in [0, 0.1) is 11.8 Å². The van der Waals surface area contributed by atoms with Gasteiger partial charge in [0, 0.05) is 19.1 Å². The van der Waals surface area contributed by atoms with E-state index in [1.54, 1.807) is 0 Å². The highest BCUT2D eigenvalue weighted by molar-refractivity contribution is 7.87. The van der Waals surface area contributed by atoms with Crippen molar-refractivity contribution < 1.29 is 8.42 Å². The molecule has 6 heteroatoms. The van der Waals surface area contributed by atoms with Crippen molar-refractivity contribution in [1.82, 2.24) is 9.44 Å². The van der Waals surface area contributed by atoms with Crippen LogP contribution in [0.2, 0.25) is 0 Å². The quantitative estimate of drug-likeness (QED) is 0.655. The zero-order valence-electron chi connectivity index (χ0n) is 10.8. The molecule has 1 aliphatic rings. The fraction of sp³-hybridized carbons (Fsp3) is 1.00. The van der Waals surface area contributed by atoms with Gasteiger partial charge in [-0.25, -0.2) is 9.44 Å². The van der Waals surface area contributed by atoms with Crippen molar-refractivity contribution in [3.63, 3.8) is 0 Å². The molecule has 102 valence electrons. The van der Waals surface area contributed by atoms with Gasteiger partial charge in [0.25, 0.3) is 10.2 Å². The first-order valence-corrected chi connectivity index (χ1v) is 7.89. The molecule has 17 heavy (non-hydrogen) atoms. The van der Waals surface area contributed by atoms with Crippen molar-refractivity contribution in [2.75, 3.05) is 13.1 Å². The van der Waals surface area contributed by atoms with Crippen molar-refractivity contribution >= 4 is 10.2 Å². The van der Waals surface area contributed by atoms with Gasteiger partial charge in [-0.15, -0.1) is 0 Å². The minimum absolute atomic E-state index is 0.136. The highest BCUT2D eigenvalue weighted by atomic mass is 32.2. The molecule has 0 aromatic carbocycles. The predicted octanol–water partition coefficient (Wildman–Crippen LogP) is 0.584. The first-order valence-electron chi connectivity index (χ1n) is 6.40. The van der Waals surface area contributed by atoms with Crippen LogP contribution in [-0.4, -0.2) is 27.5 Å². The number of nitrogens with one attached hydrogen (secondary N) is 2. The van der Waals surface area contributed by atoms with Crippen molar-refractivity contribution in [1.29, 1.82) is 0 Å². The summed E-state index contributed by atoms with van der Waals surface area (Å²) >= 11 is 0. The molecule has 0 bridgehead atoms. The average molecular weight is 263 g/mol. The summed E-state index contributed by atoms with van der Waals surface area (Å²) in [5, 5.41) is 0. The molecular weight excluding hydrogens is 238 g/mol. The van der Waals surface area contributed by atoms with Gasteiger partial charge in [-0.3, -0.25) is 0 Å². The largest absolute Gasteiger partial charge is 0.327 e. The second kappa shape index (κ2) is 6.68. The van der Waals surface area contributed by atoms with E-state index < -0.39 is 10.2 Å². The average Bonchev–Trinajstić information content (AvgIpc) is 2.26. The van der Waals surface area contributed by atoms with E-state index in [2.05, 4.69) is 9.44 Å². The summed E-state index contributed by atoms with van der Waals surface area (Å²) in [6.07, 6.45) is 4.34. The van der Waals surface area contributed by atoms with Crippen LogP contribution in [0.1, 0.15) is 39.5 Å². The molecule has 0 aliphatic heterocycles. The van der Waals surface area contributed by atoms with E-state index in [1.165, 1.54) is 0 Å². The van der Waals surface area contributed by atoms with E-state index in [0.717, 1.165) is 25.7 Å². The molecule has 0 aromatic rings. The third-order valence-electron chi connectivity index (χ3n) is 3.19. The van der Waals surface area contributed by atoms with Gasteiger partial charge in [-0.2, -0.15) is 8.42 Å². The third kappa shape index (κ3) is 5.81. The van der Waals surface area contributed by atoms with Crippen LogP contribution in [0.25, 0.3) is 0 Å². The van der Waals surface area contributed by atoms with Crippen molar-refractivity contribution in [3.05, 3.63) is 0 Å². The maximum Gasteiger partial charge on any atom is 0.276 e. The third-order valence-corrected chi connectivity index (χ3v) is 4.28. The molecule has 0 spiro atoms. The summed E-state index contributed by atoms with van der Waals surface area (Å²) in [5.41, 5.74) is 5.98. The Balaban J connectivity index is 2.33. The van der Waals surface area contributed by atoms with E-state index in [9.17, 15) is 8.42 Å². The van der Waals surface area contributed by atoms with Crippen LogP contribution in [0.15, 0.2) is 0 Å². The van der Waals surface area contributed by atoms with E-state index in [-0.39, 0.29) is 12.0 Å². The lowest BCUT2D eigenvalue weighted by molar-refractivity contribution is 0.307. The number of nitrogens with two attached hydrogens (primary N) is 1. The molecule has 1 saturated carbocycles. The van der Waals surface area contributed by atoms with Crippen molar-refractivity contribution in [3.8, 4) is 0 Å². The normalized spacial score (nSPS) is 26.4. The first kappa shape index (κ1) is 14.9. The molecule has 0 heterocycles. The second-order valence-corrected chi connectivity index (χ2v) is 6.89. The van der Waals surface area contributed by atoms with Crippen LogP contribution in [0.3, 0.4) is 0 Å². The lowest BCUT2D eigenvalue weighted by Crippen LogP contribution is -2.45. The molecule has 1 aliphatic carbocycles. The Hall–Kier alpha value is -0.170. The maximum atomic E-state index is 11.6. The summed E-state index contributed by atoms with van der Waals surface area (Å²) in [4.78, 5) is 0. The van der Waals surface area contributed by atoms with Crippen LogP contribution in [-0.2, 0) is 10.2 Å². The van der Waals surface area contributed by atoms with E-state index in [1.807, 2.05) is 13.8 Å². The van der Waals surface area contributed by atoms with Crippen LogP contribution < -0.4 is 15.2 Å². The van der Waals surface area contributed by atoms with Gasteiger partial charge in [-0.1, -0.05) is 26.7 Å². The van der Waals surface area contributed by atoms with Gasteiger partial charge in [0.05, 0.1) is 0 Å². The Morgan fingerprint density at radius 3 is 2.47 bits per heavy atom. The van der Waals surface area contributed by atoms with Crippen LogP contribution in [0.4, 0.5) is 0 Å². The Labute approximate surface area is 105 Å². The van der Waals surface area contributed by atoms with Gasteiger partial charge >= 0.3 is 0 Å². The lowest BCUT2D eigenvalue weighted by Gasteiger charge is -2.28. The van der Waals surface area contributed by atoms with Crippen LogP contribution in [0.5, 0.6) is 0 Å². The zero-order valence-corrected chi connectivity index (χ0v) is 11.6. The van der Waals surface area contributed by atoms with Crippen molar-refractivity contribution in [2.24, 2.45) is 17.6 Å². The van der Waals surface area contributed by atoms with E-state index >= 15 is 0 Å². The van der Waals surface area contributed by atoms with Gasteiger partial charge in [0.15, 0.2) is 0 Å². The van der Waals surface area contributed by atoms with Gasteiger partial charge in [0.2, 0.25) is 0 Å². The fourth-order valence-electron chi connectivity index (χ4n) is 2.03. The highest BCUT2D eigenvalue weighted by Crippen LogP contribution is 2.22. The van der Waals surface area contributed by atoms with E-state index in [4.69, 9.17) is 5.73 Å². The Kier molecular flexibility index (Phi) is 5.85. The molecule has 0 radical (unpaired) electrons. The molecule has 4 N–H and O–H groups in total. The molecule has 0 amide bonds. The zero-order chi connectivity index (χ0) is 12.9. The number of hydrogen-bond donors (Lipinski definition) is 3. The Bertz CT molecular complexity index is 317. The van der Waals surface area contributed by atoms with Crippen molar-refractivity contribution in [2.45, 2.75) is 45.6 Å². The lowest BCUT2D eigenvalue weighted by atomic mass is 9.85. The Morgan fingerprint density at radius 2 is 1.88 bits per heavy atom. The van der Waals surface area contributed by atoms with E-state index in [0.29, 0.717) is 19.0 Å². The molecular formula is C11H25N3O2S. The van der Waals surface area contributed by atoms with Crippen LogP contribution >= 0.6 is 0 Å². The summed E-state index contributed by atoms with van der Waals surface area (Å²) in [7, 11) is -3.36. The second-order valence-electron chi connectivity index (χ2n) is 5.30. The maximum absolute atomic E-state index is 11.6. The minimum Gasteiger partial charge on any atom is -0.327 e. The molecule has 2 atom stereocenters. The molecule has 5 nitrogen and oxygen atoms in total.